The predicted octanol–water partition coefficient (Wildman–Crippen LogP) is 7.58. The first-order valence-electron chi connectivity index (χ1n) is 19.6. The third-order valence-electron chi connectivity index (χ3n) is 10.8. The number of anilines is 2. The minimum absolute atomic E-state index is 0.0593. The van der Waals surface area contributed by atoms with Crippen LogP contribution in [0.25, 0.3) is 44.6 Å². The summed E-state index contributed by atoms with van der Waals surface area (Å²) >= 11 is 0. The molecule has 0 amide bonds. The summed E-state index contributed by atoms with van der Waals surface area (Å²) in [4.78, 5) is 29.3. The van der Waals surface area contributed by atoms with Crippen LogP contribution in [-0.4, -0.2) is 70.9 Å². The lowest BCUT2D eigenvalue weighted by molar-refractivity contribution is 0.0871. The molecule has 0 spiro atoms. The Hall–Kier alpha value is -6.44. The number of aromatic nitrogens is 6. The molecule has 8 aromatic rings. The number of hydrogen-bond donors (Lipinski definition) is 6. The Morgan fingerprint density at radius 3 is 1.88 bits per heavy atom. The number of aliphatic hydroxyl groups excluding tert-OH is 2. The molecule has 0 aliphatic carbocycles. The molecule has 1 unspecified atom stereocenters. The van der Waals surface area contributed by atoms with E-state index >= 15 is 0 Å². The molecule has 0 saturated heterocycles. The maximum absolute atomic E-state index is 12.2. The zero-order valence-corrected chi connectivity index (χ0v) is 32.6. The molecule has 0 radical (unpaired) electrons. The molecule has 4 aromatic carbocycles. The fourth-order valence-corrected chi connectivity index (χ4v) is 7.57. The maximum Gasteiger partial charge on any atom is 0.144 e. The topological polar surface area (TPSA) is 168 Å². The fraction of sp³-hybridized carbons (Fsp3) is 0.217. The number of hydrogen-bond acceptors (Lipinski definition) is 10. The zero-order valence-electron chi connectivity index (χ0n) is 32.6. The lowest BCUT2D eigenvalue weighted by Gasteiger charge is -2.37. The second-order valence-electron chi connectivity index (χ2n) is 14.6. The third kappa shape index (κ3) is 8.31. The lowest BCUT2D eigenvalue weighted by Crippen LogP contribution is -2.46. The number of aliphatic hydroxyl groups is 2. The maximum atomic E-state index is 12.2. The third-order valence-corrected chi connectivity index (χ3v) is 10.8. The van der Waals surface area contributed by atoms with Crippen molar-refractivity contribution in [2.24, 2.45) is 5.73 Å². The molecule has 0 aliphatic rings. The summed E-state index contributed by atoms with van der Waals surface area (Å²) in [5, 5.41) is 27.6. The van der Waals surface area contributed by atoms with Crippen LogP contribution in [0.1, 0.15) is 48.2 Å². The lowest BCUT2D eigenvalue weighted by atomic mass is 10.1. The van der Waals surface area contributed by atoms with Gasteiger partial charge in [-0.15, -0.1) is 0 Å². The summed E-state index contributed by atoms with van der Waals surface area (Å²) in [5.41, 5.74) is 15.4. The van der Waals surface area contributed by atoms with Gasteiger partial charge in [0, 0.05) is 43.6 Å². The highest BCUT2D eigenvalue weighted by Gasteiger charge is 2.29. The van der Waals surface area contributed by atoms with Gasteiger partial charge in [-0.2, -0.15) is 0 Å². The van der Waals surface area contributed by atoms with Crippen molar-refractivity contribution in [1.82, 2.24) is 34.8 Å². The molecule has 58 heavy (non-hydrogen) atoms. The van der Waals surface area contributed by atoms with Crippen LogP contribution in [0.4, 0.5) is 11.6 Å². The molecular formula is C46H48N10O2. The summed E-state index contributed by atoms with van der Waals surface area (Å²) in [5.74, 6) is 1.38. The van der Waals surface area contributed by atoms with E-state index in [0.29, 0.717) is 31.1 Å². The van der Waals surface area contributed by atoms with Crippen molar-refractivity contribution in [3.63, 3.8) is 0 Å². The second-order valence-corrected chi connectivity index (χ2v) is 14.6. The molecule has 4 heterocycles. The van der Waals surface area contributed by atoms with Gasteiger partial charge in [0.05, 0.1) is 23.4 Å². The van der Waals surface area contributed by atoms with Crippen LogP contribution < -0.4 is 16.0 Å². The van der Waals surface area contributed by atoms with Crippen LogP contribution in [0.5, 0.6) is 0 Å². The van der Waals surface area contributed by atoms with Gasteiger partial charge in [-0.05, 0) is 59.4 Å². The Kier molecular flexibility index (Phi) is 11.5. The van der Waals surface area contributed by atoms with Crippen LogP contribution in [0.3, 0.4) is 0 Å². The first kappa shape index (κ1) is 38.4. The van der Waals surface area contributed by atoms with Crippen molar-refractivity contribution in [3.05, 3.63) is 156 Å². The van der Waals surface area contributed by atoms with E-state index in [1.165, 1.54) is 11.9 Å². The van der Waals surface area contributed by atoms with Gasteiger partial charge >= 0.3 is 0 Å². The van der Waals surface area contributed by atoms with Gasteiger partial charge in [-0.3, -0.25) is 4.90 Å². The Morgan fingerprint density at radius 1 is 0.690 bits per heavy atom. The van der Waals surface area contributed by atoms with Crippen molar-refractivity contribution in [2.75, 3.05) is 29.9 Å². The van der Waals surface area contributed by atoms with Crippen molar-refractivity contribution in [3.8, 4) is 22.5 Å². The average Bonchev–Trinajstić information content (AvgIpc) is 3.91. The number of nitrogens with one attached hydrogen (secondary N) is 3. The monoisotopic (exact) mass is 772 g/mol. The predicted molar refractivity (Wildman–Crippen MR) is 231 cm³/mol. The van der Waals surface area contributed by atoms with Crippen molar-refractivity contribution >= 4 is 33.7 Å². The first-order chi connectivity index (χ1) is 28.4. The molecule has 3 atom stereocenters. The summed E-state index contributed by atoms with van der Waals surface area (Å²) in [6.07, 6.45) is 2.12. The normalized spacial score (nSPS) is 13.2. The van der Waals surface area contributed by atoms with Crippen molar-refractivity contribution < 1.29 is 10.2 Å². The van der Waals surface area contributed by atoms with E-state index in [9.17, 15) is 10.2 Å². The minimum Gasteiger partial charge on any atom is -0.395 e. The summed E-state index contributed by atoms with van der Waals surface area (Å²) in [6, 6.07) is 40.7. The molecule has 294 valence electrons. The minimum atomic E-state index is -0.985. The summed E-state index contributed by atoms with van der Waals surface area (Å²) < 4.78 is 0. The van der Waals surface area contributed by atoms with Gasteiger partial charge in [0.1, 0.15) is 41.8 Å². The standard InChI is InChI=1S/C46H48N10O2/c1-30(34-9-5-3-6-10-34)52-43-38-23-40(53-44(38)49-28-48-43)37-19-15-33(16-20-37)26-55(21-22-57)27-42(58)56(31(2)35-11-7-4-8-12-35)46-39-24-41(54-45(39)50-29-51-46)36-17-13-32(25-47)14-18-36/h3-20,23-24,28-31,42,57-58H,21-22,25-27,47H2,1-2H3,(H,50,51,54)(H2,48,49,52,53)/t30-,31-,42?/m1/s1. The Balaban J connectivity index is 1.03. The smallest absolute Gasteiger partial charge is 0.144 e. The number of rotatable bonds is 16. The number of H-pyrrole nitrogens is 2. The number of fused-ring (bicyclic) bond motifs is 2. The van der Waals surface area contributed by atoms with Crippen LogP contribution in [0, 0.1) is 0 Å². The fourth-order valence-electron chi connectivity index (χ4n) is 7.57. The van der Waals surface area contributed by atoms with Crippen molar-refractivity contribution in [1.29, 1.82) is 0 Å². The number of nitrogens with zero attached hydrogens (tertiary/aromatic N) is 6. The van der Waals surface area contributed by atoms with Crippen molar-refractivity contribution in [2.45, 2.75) is 45.2 Å². The molecule has 8 rings (SSSR count). The highest BCUT2D eigenvalue weighted by molar-refractivity contribution is 5.93. The molecule has 12 heteroatoms. The average molecular weight is 773 g/mol. The van der Waals surface area contributed by atoms with Crippen LogP contribution >= 0.6 is 0 Å². The highest BCUT2D eigenvalue weighted by atomic mass is 16.3. The number of nitrogens with two attached hydrogens (primary N) is 1. The Labute approximate surface area is 337 Å². The van der Waals surface area contributed by atoms with E-state index in [4.69, 9.17) is 10.7 Å². The van der Waals surface area contributed by atoms with Crippen LogP contribution in [-0.2, 0) is 13.1 Å². The van der Waals surface area contributed by atoms with E-state index in [-0.39, 0.29) is 25.2 Å². The van der Waals surface area contributed by atoms with E-state index in [0.717, 1.165) is 61.4 Å². The van der Waals surface area contributed by atoms with Gasteiger partial charge in [0.2, 0.25) is 0 Å². The van der Waals surface area contributed by atoms with E-state index in [2.05, 4.69) is 104 Å². The van der Waals surface area contributed by atoms with E-state index in [1.54, 1.807) is 6.33 Å². The Bertz CT molecular complexity index is 2560. The van der Waals surface area contributed by atoms with Gasteiger partial charge < -0.3 is 36.1 Å². The second kappa shape index (κ2) is 17.4. The summed E-state index contributed by atoms with van der Waals surface area (Å²) in [6.45, 7) is 5.74. The largest absolute Gasteiger partial charge is 0.395 e. The van der Waals surface area contributed by atoms with Crippen LogP contribution in [0.2, 0.25) is 0 Å². The Morgan fingerprint density at radius 2 is 1.26 bits per heavy atom. The van der Waals surface area contributed by atoms with Gasteiger partial charge in [0.15, 0.2) is 0 Å². The molecule has 4 aromatic heterocycles. The number of aromatic amines is 2. The zero-order chi connectivity index (χ0) is 40.0. The molecule has 0 aliphatic heterocycles. The van der Waals surface area contributed by atoms with Gasteiger partial charge in [0.25, 0.3) is 0 Å². The van der Waals surface area contributed by atoms with E-state index in [1.807, 2.05) is 71.6 Å². The molecule has 7 N–H and O–H groups in total. The van der Waals surface area contributed by atoms with Gasteiger partial charge in [-0.1, -0.05) is 109 Å². The highest BCUT2D eigenvalue weighted by Crippen LogP contribution is 2.35. The summed E-state index contributed by atoms with van der Waals surface area (Å²) in [7, 11) is 0. The molecule has 0 saturated carbocycles. The number of benzene rings is 4. The van der Waals surface area contributed by atoms with E-state index < -0.39 is 6.23 Å². The molecule has 0 bridgehead atoms. The first-order valence-corrected chi connectivity index (χ1v) is 19.6. The van der Waals surface area contributed by atoms with Crippen LogP contribution in [0.15, 0.2) is 134 Å². The molecular weight excluding hydrogens is 725 g/mol. The van der Waals surface area contributed by atoms with Gasteiger partial charge in [-0.25, -0.2) is 19.9 Å². The molecule has 12 nitrogen and oxygen atoms in total. The quantitative estimate of drug-likeness (QED) is 0.0539. The SMILES string of the molecule is C[C@H](c1ccccc1)N(c1ncnc2[nH]c(-c3ccc(CN)cc3)cc12)C(O)CN(CCO)Cc1ccc(-c2cc3c(N[C@H](C)c4ccccc4)ncnc3[nH]2)cc1. The molecule has 0 fully saturated rings.